The zero-order valence-corrected chi connectivity index (χ0v) is 13.0. The van der Waals surface area contributed by atoms with E-state index in [1.54, 1.807) is 0 Å². The highest BCUT2D eigenvalue weighted by molar-refractivity contribution is 5.81. The van der Waals surface area contributed by atoms with Crippen LogP contribution in [0.15, 0.2) is 0 Å². The van der Waals surface area contributed by atoms with Gasteiger partial charge in [0.15, 0.2) is 0 Å². The topological polar surface area (TPSA) is 114 Å². The third kappa shape index (κ3) is 3.92. The summed E-state index contributed by atoms with van der Waals surface area (Å²) >= 11 is 0. The molecule has 2 heterocycles. The van der Waals surface area contributed by atoms with Gasteiger partial charge in [-0.25, -0.2) is 10.3 Å². The Labute approximate surface area is 134 Å². The first-order valence-corrected chi connectivity index (χ1v) is 8.14. The average molecular weight is 328 g/mol. The summed E-state index contributed by atoms with van der Waals surface area (Å²) in [6.07, 6.45) is 2.88. The Morgan fingerprint density at radius 3 is 2.83 bits per heavy atom. The fourth-order valence-corrected chi connectivity index (χ4v) is 3.78. The molecule has 3 unspecified atom stereocenters. The molecule has 9 heteroatoms. The number of carbonyl (C=O) groups is 2. The molecule has 3 rings (SSSR count). The molecule has 3 aliphatic rings. The van der Waals surface area contributed by atoms with Crippen molar-refractivity contribution in [3.63, 3.8) is 0 Å². The van der Waals surface area contributed by atoms with Crippen LogP contribution < -0.4 is 10.8 Å². The number of amides is 2. The van der Waals surface area contributed by atoms with Gasteiger partial charge in [0.05, 0.1) is 18.8 Å². The number of hydrogen-bond acceptors (Lipinski definition) is 6. The minimum absolute atomic E-state index is 0.0659. The van der Waals surface area contributed by atoms with Crippen LogP contribution in [-0.2, 0) is 9.63 Å². The van der Waals surface area contributed by atoms with Crippen LogP contribution in [-0.4, -0.2) is 70.2 Å². The van der Waals surface area contributed by atoms with E-state index in [0.717, 1.165) is 25.7 Å². The highest BCUT2D eigenvalue weighted by Crippen LogP contribution is 2.28. The van der Waals surface area contributed by atoms with Gasteiger partial charge in [0.25, 0.3) is 5.91 Å². The van der Waals surface area contributed by atoms with E-state index < -0.39 is 6.09 Å². The molecule has 2 aliphatic heterocycles. The Kier molecular flexibility index (Phi) is 5.00. The van der Waals surface area contributed by atoms with Crippen molar-refractivity contribution >= 4 is 12.0 Å². The molecule has 2 bridgehead atoms. The molecule has 5 atom stereocenters. The van der Waals surface area contributed by atoms with E-state index in [1.807, 2.05) is 4.90 Å². The Balaban J connectivity index is 1.39. The molecule has 23 heavy (non-hydrogen) atoms. The van der Waals surface area contributed by atoms with Gasteiger partial charge in [-0.15, -0.1) is 0 Å². The lowest BCUT2D eigenvalue weighted by atomic mass is 10.0. The second-order valence-electron chi connectivity index (χ2n) is 6.67. The maximum atomic E-state index is 12.3. The van der Waals surface area contributed by atoms with Crippen LogP contribution in [0.1, 0.15) is 32.1 Å². The van der Waals surface area contributed by atoms with E-state index >= 15 is 0 Å². The van der Waals surface area contributed by atoms with Gasteiger partial charge in [0.1, 0.15) is 0 Å². The smallest absolute Gasteiger partial charge is 0.404 e. The summed E-state index contributed by atoms with van der Waals surface area (Å²) in [5.41, 5.74) is 2.56. The average Bonchev–Trinajstić information content (AvgIpc) is 3.08. The van der Waals surface area contributed by atoms with Crippen LogP contribution in [0.3, 0.4) is 0 Å². The van der Waals surface area contributed by atoms with Crippen LogP contribution in [0.5, 0.6) is 0 Å². The molecular weight excluding hydrogens is 304 g/mol. The van der Waals surface area contributed by atoms with Gasteiger partial charge in [-0.3, -0.25) is 14.5 Å². The van der Waals surface area contributed by atoms with Crippen LogP contribution >= 0.6 is 0 Å². The fourth-order valence-electron chi connectivity index (χ4n) is 3.78. The maximum absolute atomic E-state index is 12.3. The Bertz CT molecular complexity index is 460. The van der Waals surface area contributed by atoms with Crippen molar-refractivity contribution in [1.29, 1.82) is 0 Å². The zero-order valence-electron chi connectivity index (χ0n) is 13.0. The van der Waals surface area contributed by atoms with Crippen molar-refractivity contribution in [1.82, 2.24) is 20.8 Å². The highest BCUT2D eigenvalue weighted by atomic mass is 16.7. The van der Waals surface area contributed by atoms with Crippen LogP contribution in [0, 0.1) is 5.92 Å². The number of hydroxylamine groups is 3. The molecule has 0 aromatic rings. The third-order valence-corrected chi connectivity index (χ3v) is 5.07. The van der Waals surface area contributed by atoms with Gasteiger partial charge in [-0.1, -0.05) is 0 Å². The summed E-state index contributed by atoms with van der Waals surface area (Å²) in [7, 11) is 0. The van der Waals surface area contributed by atoms with E-state index in [4.69, 9.17) is 9.94 Å². The molecule has 0 radical (unpaired) electrons. The van der Waals surface area contributed by atoms with Gasteiger partial charge < -0.3 is 15.6 Å². The Morgan fingerprint density at radius 2 is 2.04 bits per heavy atom. The van der Waals surface area contributed by atoms with Crippen molar-refractivity contribution in [3.05, 3.63) is 0 Å². The van der Waals surface area contributed by atoms with E-state index in [0.29, 0.717) is 26.2 Å². The molecule has 2 saturated heterocycles. The van der Waals surface area contributed by atoms with Crippen molar-refractivity contribution < 1.29 is 24.7 Å². The first-order valence-electron chi connectivity index (χ1n) is 8.14. The summed E-state index contributed by atoms with van der Waals surface area (Å²) in [6, 6.07) is -0.119. The molecule has 2 amide bonds. The van der Waals surface area contributed by atoms with E-state index in [-0.39, 0.29) is 30.0 Å². The van der Waals surface area contributed by atoms with Gasteiger partial charge >= 0.3 is 6.09 Å². The number of fused-ring (bicyclic) bond motifs is 2. The predicted molar refractivity (Wildman–Crippen MR) is 78.4 cm³/mol. The maximum Gasteiger partial charge on any atom is 0.404 e. The summed E-state index contributed by atoms with van der Waals surface area (Å²) in [5.74, 6) is 0.0934. The zero-order chi connectivity index (χ0) is 16.4. The van der Waals surface area contributed by atoms with Gasteiger partial charge in [0, 0.05) is 19.1 Å². The molecule has 9 nitrogen and oxygen atoms in total. The number of carboxylic acid groups (broad SMARTS) is 1. The van der Waals surface area contributed by atoms with Crippen molar-refractivity contribution in [2.75, 3.05) is 19.8 Å². The summed E-state index contributed by atoms with van der Waals surface area (Å²) < 4.78 is 0. The van der Waals surface area contributed by atoms with Gasteiger partial charge in [-0.2, -0.15) is 5.06 Å². The van der Waals surface area contributed by atoms with Crippen LogP contribution in [0.25, 0.3) is 0 Å². The largest absolute Gasteiger partial charge is 0.465 e. The molecule has 1 aliphatic carbocycles. The Hall–Kier alpha value is -1.42. The van der Waals surface area contributed by atoms with Crippen molar-refractivity contribution in [2.24, 2.45) is 5.92 Å². The molecule has 4 N–H and O–H groups in total. The minimum atomic E-state index is -1.01. The number of nitrogens with one attached hydrogen (secondary N) is 2. The molecule has 0 spiro atoms. The summed E-state index contributed by atoms with van der Waals surface area (Å²) in [5, 5.41) is 22.0. The minimum Gasteiger partial charge on any atom is -0.465 e. The summed E-state index contributed by atoms with van der Waals surface area (Å²) in [6.45, 7) is 1.53. The molecule has 3 fully saturated rings. The normalized spacial score (nSPS) is 36.8. The van der Waals surface area contributed by atoms with Crippen LogP contribution in [0.4, 0.5) is 4.79 Å². The highest BCUT2D eigenvalue weighted by Gasteiger charge is 2.41. The predicted octanol–water partition coefficient (Wildman–Crippen LogP) is -0.0342. The summed E-state index contributed by atoms with van der Waals surface area (Å²) in [4.78, 5) is 30.2. The lowest BCUT2D eigenvalue weighted by Crippen LogP contribution is -2.49. The third-order valence-electron chi connectivity index (χ3n) is 5.07. The molecule has 0 aromatic carbocycles. The first kappa shape index (κ1) is 16.4. The fraction of sp³-hybridized carbons (Fsp3) is 0.857. The first-order chi connectivity index (χ1) is 11.0. The lowest BCUT2D eigenvalue weighted by Gasteiger charge is -2.29. The van der Waals surface area contributed by atoms with Crippen molar-refractivity contribution in [3.8, 4) is 0 Å². The number of rotatable bonds is 5. The number of carbonyl (C=O) groups excluding carboxylic acids is 1. The van der Waals surface area contributed by atoms with E-state index in [9.17, 15) is 14.8 Å². The van der Waals surface area contributed by atoms with Gasteiger partial charge in [-0.05, 0) is 38.0 Å². The molecular formula is C14H24N4O5. The van der Waals surface area contributed by atoms with Crippen LogP contribution in [0.2, 0.25) is 0 Å². The van der Waals surface area contributed by atoms with E-state index in [2.05, 4.69) is 10.8 Å². The van der Waals surface area contributed by atoms with Crippen molar-refractivity contribution in [2.45, 2.75) is 50.3 Å². The Morgan fingerprint density at radius 1 is 1.22 bits per heavy atom. The number of nitrogens with zero attached hydrogens (tertiary/aromatic N) is 2. The van der Waals surface area contributed by atoms with Gasteiger partial charge in [0.2, 0.25) is 0 Å². The molecule has 0 aromatic heterocycles. The second-order valence-corrected chi connectivity index (χ2v) is 6.67. The molecule has 1 saturated carbocycles. The monoisotopic (exact) mass is 328 g/mol. The second kappa shape index (κ2) is 7.00. The SMILES string of the molecule is O=C(O)NCC1CCC(ONC(=O)[C@@H]2CC[C@@H]3CN2CN3O)C1. The quantitative estimate of drug-likeness (QED) is 0.524. The standard InChI is InChI=1S/C14H24N4O5/c19-13(12-4-2-10-7-17(12)8-18(10)22)16-23-11-3-1-9(5-11)6-15-14(20)21/h9-12,15,22H,1-8H2,(H,16,19)(H,20,21)/t9?,10-,11?,12+/m1/s1. The number of piperidine rings is 1. The lowest BCUT2D eigenvalue weighted by molar-refractivity contribution is -0.145. The molecule has 130 valence electrons. The number of hydrogen-bond donors (Lipinski definition) is 4. The van der Waals surface area contributed by atoms with E-state index in [1.165, 1.54) is 5.06 Å².